The van der Waals surface area contributed by atoms with E-state index in [1.54, 1.807) is 13.0 Å². The van der Waals surface area contributed by atoms with Crippen molar-refractivity contribution in [2.24, 2.45) is 0 Å². The lowest BCUT2D eigenvalue weighted by Crippen LogP contribution is -2.08. The Morgan fingerprint density at radius 3 is 3.06 bits per heavy atom. The van der Waals surface area contributed by atoms with Crippen LogP contribution in [0.5, 0.6) is 11.5 Å². The van der Waals surface area contributed by atoms with E-state index in [1.165, 1.54) is 0 Å². The van der Waals surface area contributed by atoms with Crippen molar-refractivity contribution in [1.29, 1.82) is 0 Å². The first-order chi connectivity index (χ1) is 7.58. The second-order valence-electron chi connectivity index (χ2n) is 3.69. The van der Waals surface area contributed by atoms with Crippen molar-refractivity contribution in [2.45, 2.75) is 13.2 Å². The molecule has 0 saturated carbocycles. The Labute approximate surface area is 90.2 Å². The molecule has 0 aliphatic carbocycles. The van der Waals surface area contributed by atoms with Crippen LogP contribution in [-0.2, 0) is 4.79 Å². The van der Waals surface area contributed by atoms with Gasteiger partial charge in [0, 0.05) is 5.57 Å². The molecule has 0 amide bonds. The quantitative estimate of drug-likeness (QED) is 0.474. The molecule has 2 bridgehead atoms. The maximum atomic E-state index is 11.4. The summed E-state index contributed by atoms with van der Waals surface area (Å²) in [5.41, 5.74) is 1.68. The average Bonchev–Trinajstić information content (AvgIpc) is 2.81. The van der Waals surface area contributed by atoms with E-state index in [9.17, 15) is 9.90 Å². The summed E-state index contributed by atoms with van der Waals surface area (Å²) in [5.74, 6) is -0.0513. The van der Waals surface area contributed by atoms with Crippen LogP contribution in [0.15, 0.2) is 22.6 Å². The van der Waals surface area contributed by atoms with Gasteiger partial charge in [0.25, 0.3) is 0 Å². The van der Waals surface area contributed by atoms with Gasteiger partial charge in [-0.05, 0) is 13.0 Å². The van der Waals surface area contributed by atoms with Gasteiger partial charge in [-0.1, -0.05) is 6.58 Å². The molecule has 0 aromatic carbocycles. The van der Waals surface area contributed by atoms with E-state index in [0.29, 0.717) is 16.7 Å². The van der Waals surface area contributed by atoms with Gasteiger partial charge in [-0.3, -0.25) is 0 Å². The van der Waals surface area contributed by atoms with Crippen LogP contribution in [0.4, 0.5) is 0 Å². The van der Waals surface area contributed by atoms with E-state index < -0.39 is 12.3 Å². The Kier molecular flexibility index (Phi) is 1.60. The van der Waals surface area contributed by atoms with Gasteiger partial charge >= 0.3 is 5.97 Å². The number of aliphatic hydroxyl groups excluding tert-OH is 1. The number of carbonyl (C=O) groups excluding carboxylic acids is 1. The third-order valence-corrected chi connectivity index (χ3v) is 2.44. The highest BCUT2D eigenvalue weighted by molar-refractivity contribution is 5.94. The molecule has 5 nitrogen and oxygen atoms in total. The van der Waals surface area contributed by atoms with E-state index in [-0.39, 0.29) is 17.1 Å². The molecule has 3 heterocycles. The summed E-state index contributed by atoms with van der Waals surface area (Å²) in [5, 5.41) is 9.46. The van der Waals surface area contributed by atoms with Crippen LogP contribution in [0.2, 0.25) is 0 Å². The fourth-order valence-electron chi connectivity index (χ4n) is 1.65. The van der Waals surface area contributed by atoms with Gasteiger partial charge in [0.2, 0.25) is 17.8 Å². The first-order valence-electron chi connectivity index (χ1n) is 4.69. The topological polar surface area (TPSA) is 68.9 Å². The highest BCUT2D eigenvalue weighted by atomic mass is 16.6. The van der Waals surface area contributed by atoms with Crippen LogP contribution in [0.3, 0.4) is 0 Å². The number of fused-ring (bicyclic) bond motifs is 1. The van der Waals surface area contributed by atoms with Crippen LogP contribution in [0.25, 0.3) is 11.2 Å². The van der Waals surface area contributed by atoms with Crippen molar-refractivity contribution in [3.8, 4) is 11.5 Å². The van der Waals surface area contributed by atoms with E-state index in [1.807, 2.05) is 0 Å². The highest BCUT2D eigenvalue weighted by Gasteiger charge is 2.36. The Morgan fingerprint density at radius 2 is 2.38 bits per heavy atom. The summed E-state index contributed by atoms with van der Waals surface area (Å²) in [4.78, 5) is 11.4. The second-order valence-corrected chi connectivity index (χ2v) is 3.69. The molecule has 16 heavy (non-hydrogen) atoms. The summed E-state index contributed by atoms with van der Waals surface area (Å²) in [6.07, 6.45) is -1.04. The number of furan rings is 2. The molecule has 82 valence electrons. The van der Waals surface area contributed by atoms with Gasteiger partial charge < -0.3 is 19.0 Å². The zero-order valence-electron chi connectivity index (χ0n) is 8.44. The van der Waals surface area contributed by atoms with Gasteiger partial charge in [0.15, 0.2) is 11.2 Å². The molecule has 2 aromatic rings. The number of aliphatic hydroxyl groups is 1. The monoisotopic (exact) mass is 220 g/mol. The Bertz CT molecular complexity index is 594. The predicted octanol–water partition coefficient (Wildman–Crippen LogP) is 1.74. The lowest BCUT2D eigenvalue weighted by molar-refractivity contribution is -0.130. The predicted molar refractivity (Wildman–Crippen MR) is 53.4 cm³/mol. The zero-order valence-corrected chi connectivity index (χ0v) is 8.44. The molecule has 1 atom stereocenters. The summed E-state index contributed by atoms with van der Waals surface area (Å²) in [6, 6.07) is 1.59. The normalized spacial score (nSPS) is 17.8. The van der Waals surface area contributed by atoms with Crippen LogP contribution >= 0.6 is 0 Å². The van der Waals surface area contributed by atoms with Crippen molar-refractivity contribution < 1.29 is 23.8 Å². The molecule has 0 radical (unpaired) electrons. The average molecular weight is 220 g/mol. The maximum Gasteiger partial charge on any atom is 0.338 e. The van der Waals surface area contributed by atoms with Gasteiger partial charge in [-0.15, -0.1) is 0 Å². The molecule has 1 N–H and O–H groups in total. The molecule has 1 aliphatic heterocycles. The molecule has 2 aromatic heterocycles. The van der Waals surface area contributed by atoms with E-state index >= 15 is 0 Å². The largest absolute Gasteiger partial charge is 0.453 e. The molecule has 3 rings (SSSR count). The van der Waals surface area contributed by atoms with E-state index in [0.717, 1.165) is 0 Å². The Hall–Kier alpha value is -2.01. The van der Waals surface area contributed by atoms with E-state index in [4.69, 9.17) is 13.9 Å². The summed E-state index contributed by atoms with van der Waals surface area (Å²) in [6.45, 7) is 5.02. The van der Waals surface area contributed by atoms with Crippen LogP contribution in [0, 0.1) is 0 Å². The highest BCUT2D eigenvalue weighted by Crippen LogP contribution is 2.52. The number of hydrogen-bond donors (Lipinski definition) is 1. The minimum Gasteiger partial charge on any atom is -0.453 e. The molecule has 1 unspecified atom stereocenters. The maximum absolute atomic E-state index is 11.4. The summed E-state index contributed by atoms with van der Waals surface area (Å²) >= 11 is 0. The molecular weight excluding hydrogens is 212 g/mol. The van der Waals surface area contributed by atoms with E-state index in [2.05, 4.69) is 6.58 Å². The summed E-state index contributed by atoms with van der Waals surface area (Å²) in [7, 11) is 0. The van der Waals surface area contributed by atoms with Gasteiger partial charge in [0.1, 0.15) is 0 Å². The fraction of sp³-hybridized carbons (Fsp3) is 0.182. The third kappa shape index (κ3) is 1.00. The van der Waals surface area contributed by atoms with Crippen molar-refractivity contribution in [3.63, 3.8) is 0 Å². The number of benzene rings is 1. The molecule has 0 spiro atoms. The Balaban J connectivity index is 2.02. The fourth-order valence-corrected chi connectivity index (χ4v) is 1.65. The van der Waals surface area contributed by atoms with Gasteiger partial charge in [0.05, 0.1) is 5.56 Å². The van der Waals surface area contributed by atoms with Crippen LogP contribution in [-0.4, -0.2) is 11.1 Å². The zero-order chi connectivity index (χ0) is 11.4. The van der Waals surface area contributed by atoms with Crippen molar-refractivity contribution in [3.05, 3.63) is 23.8 Å². The van der Waals surface area contributed by atoms with Crippen LogP contribution in [0.1, 0.15) is 18.8 Å². The Morgan fingerprint density at radius 1 is 1.62 bits per heavy atom. The smallest absolute Gasteiger partial charge is 0.338 e. The minimum atomic E-state index is -1.04. The molecular formula is C11H8O5. The number of rotatable bonds is 2. The first-order valence-corrected chi connectivity index (χ1v) is 4.69. The standard InChI is InChI=1S/C11H8O5/c1-4(2)10(12)15-8-6-3-5-7(14-6)9(8)16-11(5)13/h3,11,13H,1H2,2H3. The number of carbonyl (C=O) groups is 1. The number of ether oxygens (including phenoxy) is 2. The van der Waals surface area contributed by atoms with Crippen molar-refractivity contribution >= 4 is 17.1 Å². The molecule has 5 heteroatoms. The second kappa shape index (κ2) is 2.76. The third-order valence-electron chi connectivity index (χ3n) is 2.44. The number of esters is 1. The molecule has 0 saturated heterocycles. The van der Waals surface area contributed by atoms with Crippen molar-refractivity contribution in [2.75, 3.05) is 0 Å². The minimum absolute atomic E-state index is 0.211. The lowest BCUT2D eigenvalue weighted by Gasteiger charge is -2.04. The van der Waals surface area contributed by atoms with Crippen molar-refractivity contribution in [1.82, 2.24) is 0 Å². The van der Waals surface area contributed by atoms with Crippen LogP contribution < -0.4 is 9.47 Å². The van der Waals surface area contributed by atoms with Gasteiger partial charge in [-0.2, -0.15) is 0 Å². The molecule has 1 aliphatic rings. The molecule has 0 fully saturated rings. The first kappa shape index (κ1) is 9.23. The van der Waals surface area contributed by atoms with Gasteiger partial charge in [-0.25, -0.2) is 4.79 Å². The SMILES string of the molecule is C=C(C)C(=O)Oc1c2c3oc1cc3C(O)O2. The number of hydrogen-bond acceptors (Lipinski definition) is 5. The summed E-state index contributed by atoms with van der Waals surface area (Å²) < 4.78 is 15.5. The lowest BCUT2D eigenvalue weighted by atomic mass is 10.2.